The summed E-state index contributed by atoms with van der Waals surface area (Å²) in [5.74, 6) is 0. The number of aromatic nitrogens is 3. The van der Waals surface area contributed by atoms with Gasteiger partial charge in [0, 0.05) is 10.0 Å². The number of aliphatic hydroxyl groups is 1. The van der Waals surface area contributed by atoms with Crippen LogP contribution in [0, 0.1) is 0 Å². The number of aliphatic hydroxyl groups excluding tert-OH is 1. The van der Waals surface area contributed by atoms with E-state index in [2.05, 4.69) is 45.9 Å². The molecule has 0 aliphatic heterocycles. The normalized spacial score (nSPS) is 11.7. The number of hydrogen-bond donors (Lipinski definition) is 1. The van der Waals surface area contributed by atoms with Crippen LogP contribution >= 0.6 is 15.9 Å². The van der Waals surface area contributed by atoms with E-state index in [4.69, 9.17) is 0 Å². The summed E-state index contributed by atoms with van der Waals surface area (Å²) in [6.07, 6.45) is 0. The molecule has 2 aromatic carbocycles. The molecule has 0 aliphatic carbocycles. The third-order valence-electron chi connectivity index (χ3n) is 3.86. The van der Waals surface area contributed by atoms with Crippen LogP contribution in [0.3, 0.4) is 0 Å². The van der Waals surface area contributed by atoms with Crippen molar-refractivity contribution in [3.63, 3.8) is 0 Å². The molecule has 6 heteroatoms. The van der Waals surface area contributed by atoms with E-state index >= 15 is 0 Å². The van der Waals surface area contributed by atoms with Gasteiger partial charge >= 0.3 is 0 Å². The summed E-state index contributed by atoms with van der Waals surface area (Å²) in [4.78, 5) is 0. The fraction of sp³-hybridized carbons (Fsp3) is 0.222. The van der Waals surface area contributed by atoms with Gasteiger partial charge in [0.2, 0.25) is 0 Å². The van der Waals surface area contributed by atoms with Crippen LogP contribution in [0.2, 0.25) is 19.6 Å². The molecule has 1 heterocycles. The second kappa shape index (κ2) is 6.62. The van der Waals surface area contributed by atoms with Gasteiger partial charge in [-0.2, -0.15) is 0 Å². The quantitative estimate of drug-likeness (QED) is 0.677. The molecular formula is C18H20BrN3OSi. The van der Waals surface area contributed by atoms with Crippen LogP contribution in [0.1, 0.15) is 5.56 Å². The van der Waals surface area contributed by atoms with Crippen LogP contribution in [0.25, 0.3) is 16.9 Å². The van der Waals surface area contributed by atoms with Gasteiger partial charge in [0.05, 0.1) is 17.6 Å². The number of halogens is 1. The molecule has 0 atom stereocenters. The number of nitrogens with zero attached hydrogens (tertiary/aromatic N) is 3. The summed E-state index contributed by atoms with van der Waals surface area (Å²) in [6.45, 7) is 6.94. The molecule has 0 radical (unpaired) electrons. The highest BCUT2D eigenvalue weighted by Gasteiger charge is 2.28. The summed E-state index contributed by atoms with van der Waals surface area (Å²) < 4.78 is 3.01. The molecule has 0 spiro atoms. The molecule has 0 fully saturated rings. The van der Waals surface area contributed by atoms with E-state index in [1.54, 1.807) is 0 Å². The Morgan fingerprint density at radius 1 is 1.00 bits per heavy atom. The van der Waals surface area contributed by atoms with Gasteiger partial charge in [-0.1, -0.05) is 65.0 Å². The summed E-state index contributed by atoms with van der Waals surface area (Å²) in [5.41, 5.74) is 3.88. The lowest BCUT2D eigenvalue weighted by Gasteiger charge is -2.19. The van der Waals surface area contributed by atoms with Crippen molar-refractivity contribution in [3.8, 4) is 16.9 Å². The molecule has 0 amide bonds. The van der Waals surface area contributed by atoms with E-state index in [9.17, 15) is 5.11 Å². The Balaban J connectivity index is 2.15. The standard InChI is InChI=1S/C18H20BrN3OSi/c1-24(2,3)18-17(14-6-4-13(12-23)5-7-14)20-21-22(18)16-10-8-15(19)9-11-16/h4-11,23H,12H2,1-3H3. The van der Waals surface area contributed by atoms with Crippen LogP contribution in [0.5, 0.6) is 0 Å². The lowest BCUT2D eigenvalue weighted by atomic mass is 10.1. The summed E-state index contributed by atoms with van der Waals surface area (Å²) in [6, 6.07) is 16.0. The van der Waals surface area contributed by atoms with Gasteiger partial charge in [-0.15, -0.1) is 5.10 Å². The van der Waals surface area contributed by atoms with Crippen LogP contribution in [-0.4, -0.2) is 28.2 Å². The van der Waals surface area contributed by atoms with Gasteiger partial charge in [-0.25, -0.2) is 4.68 Å². The minimum atomic E-state index is -1.69. The first-order valence-electron chi connectivity index (χ1n) is 7.82. The third-order valence-corrected chi connectivity index (χ3v) is 6.26. The first-order valence-corrected chi connectivity index (χ1v) is 12.1. The molecule has 0 saturated heterocycles. The predicted octanol–water partition coefficient (Wildman–Crippen LogP) is 3.73. The average molecular weight is 402 g/mol. The lowest BCUT2D eigenvalue weighted by Crippen LogP contribution is -2.43. The van der Waals surface area contributed by atoms with Crippen molar-refractivity contribution in [2.45, 2.75) is 26.2 Å². The van der Waals surface area contributed by atoms with Crippen LogP contribution in [0.4, 0.5) is 0 Å². The van der Waals surface area contributed by atoms with Crippen LogP contribution < -0.4 is 5.32 Å². The second-order valence-electron chi connectivity index (χ2n) is 6.78. The van der Waals surface area contributed by atoms with Crippen molar-refractivity contribution < 1.29 is 5.11 Å². The van der Waals surface area contributed by atoms with Crippen molar-refractivity contribution in [1.29, 1.82) is 0 Å². The molecule has 124 valence electrons. The Morgan fingerprint density at radius 2 is 1.62 bits per heavy atom. The Morgan fingerprint density at radius 3 is 2.17 bits per heavy atom. The number of rotatable bonds is 4. The minimum Gasteiger partial charge on any atom is -0.392 e. The predicted molar refractivity (Wildman–Crippen MR) is 103 cm³/mol. The van der Waals surface area contributed by atoms with E-state index < -0.39 is 8.07 Å². The van der Waals surface area contributed by atoms with Crippen molar-refractivity contribution in [1.82, 2.24) is 15.0 Å². The van der Waals surface area contributed by atoms with Gasteiger partial charge in [-0.05, 0) is 29.8 Å². The molecule has 24 heavy (non-hydrogen) atoms. The zero-order chi connectivity index (χ0) is 17.3. The summed E-state index contributed by atoms with van der Waals surface area (Å²) in [5, 5.41) is 19.3. The highest BCUT2D eigenvalue weighted by atomic mass is 79.9. The van der Waals surface area contributed by atoms with E-state index in [0.29, 0.717) is 0 Å². The van der Waals surface area contributed by atoms with Gasteiger partial charge in [0.1, 0.15) is 13.8 Å². The van der Waals surface area contributed by atoms with Crippen molar-refractivity contribution >= 4 is 29.3 Å². The molecule has 3 aromatic rings. The highest BCUT2D eigenvalue weighted by Crippen LogP contribution is 2.21. The monoisotopic (exact) mass is 401 g/mol. The van der Waals surface area contributed by atoms with Crippen molar-refractivity contribution in [2.75, 3.05) is 0 Å². The zero-order valence-electron chi connectivity index (χ0n) is 14.0. The van der Waals surface area contributed by atoms with Crippen LogP contribution in [-0.2, 0) is 6.61 Å². The van der Waals surface area contributed by atoms with E-state index in [1.165, 1.54) is 5.32 Å². The Bertz CT molecular complexity index is 836. The first kappa shape index (κ1) is 17.1. The fourth-order valence-corrected chi connectivity index (χ4v) is 4.66. The Labute approximate surface area is 151 Å². The first-order chi connectivity index (χ1) is 11.4. The smallest absolute Gasteiger partial charge is 0.112 e. The average Bonchev–Trinajstić information content (AvgIpc) is 3.01. The second-order valence-corrected chi connectivity index (χ2v) is 12.7. The minimum absolute atomic E-state index is 0.0484. The molecule has 0 bridgehead atoms. The SMILES string of the molecule is C[Si](C)(C)c1c(-c2ccc(CO)cc2)nnn1-c1ccc(Br)cc1. The van der Waals surface area contributed by atoms with E-state index in [0.717, 1.165) is 27.0 Å². The fourth-order valence-electron chi connectivity index (χ4n) is 2.68. The largest absolute Gasteiger partial charge is 0.392 e. The Kier molecular flexibility index (Phi) is 4.71. The number of hydrogen-bond acceptors (Lipinski definition) is 3. The molecule has 1 N–H and O–H groups in total. The van der Waals surface area contributed by atoms with Gasteiger partial charge in [0.25, 0.3) is 0 Å². The maximum atomic E-state index is 9.23. The molecule has 4 nitrogen and oxygen atoms in total. The highest BCUT2D eigenvalue weighted by molar-refractivity contribution is 9.10. The molecular weight excluding hydrogens is 382 g/mol. The van der Waals surface area contributed by atoms with E-state index in [-0.39, 0.29) is 6.61 Å². The molecule has 0 aliphatic rings. The maximum Gasteiger partial charge on any atom is 0.112 e. The Hall–Kier alpha value is -1.76. The molecule has 3 rings (SSSR count). The zero-order valence-corrected chi connectivity index (χ0v) is 16.6. The topological polar surface area (TPSA) is 50.9 Å². The van der Waals surface area contributed by atoms with Gasteiger partial charge in [0.15, 0.2) is 0 Å². The van der Waals surface area contributed by atoms with Gasteiger partial charge < -0.3 is 5.11 Å². The summed E-state index contributed by atoms with van der Waals surface area (Å²) in [7, 11) is -1.69. The van der Waals surface area contributed by atoms with Crippen LogP contribution in [0.15, 0.2) is 53.0 Å². The summed E-state index contributed by atoms with van der Waals surface area (Å²) >= 11 is 3.47. The third kappa shape index (κ3) is 3.36. The number of benzene rings is 2. The van der Waals surface area contributed by atoms with Crippen molar-refractivity contribution in [3.05, 3.63) is 58.6 Å². The molecule has 1 aromatic heterocycles. The van der Waals surface area contributed by atoms with Gasteiger partial charge in [-0.3, -0.25) is 0 Å². The van der Waals surface area contributed by atoms with Crippen molar-refractivity contribution in [2.24, 2.45) is 0 Å². The lowest BCUT2D eigenvalue weighted by molar-refractivity contribution is 0.282. The molecule has 0 unspecified atom stereocenters. The van der Waals surface area contributed by atoms with E-state index in [1.807, 2.05) is 53.2 Å². The maximum absolute atomic E-state index is 9.23. The molecule has 0 saturated carbocycles.